The first kappa shape index (κ1) is 10.7. The van der Waals surface area contributed by atoms with E-state index in [-0.39, 0.29) is 0 Å². The molecule has 0 spiro atoms. The van der Waals surface area contributed by atoms with Crippen molar-refractivity contribution in [1.29, 1.82) is 0 Å². The van der Waals surface area contributed by atoms with Gasteiger partial charge in [-0.15, -0.1) is 0 Å². The number of carbonyl (C=O) groups is 1. The smallest absolute Gasteiger partial charge is 0.253 e. The van der Waals surface area contributed by atoms with Crippen molar-refractivity contribution in [2.45, 2.75) is 19.3 Å². The Morgan fingerprint density at radius 1 is 1.29 bits per heavy atom. The van der Waals surface area contributed by atoms with Crippen molar-refractivity contribution in [2.24, 2.45) is 0 Å². The van der Waals surface area contributed by atoms with Crippen LogP contribution < -0.4 is 0 Å². The molecular weight excluding hydrogens is 331 g/mol. The second kappa shape index (κ2) is 3.95. The van der Waals surface area contributed by atoms with E-state index >= 15 is 0 Å². The number of carbonyl (C=O) groups excluding carboxylic acids is 1. The lowest BCUT2D eigenvalue weighted by Gasteiger charge is -2.08. The van der Waals surface area contributed by atoms with Gasteiger partial charge in [-0.3, -0.25) is 4.79 Å². The summed E-state index contributed by atoms with van der Waals surface area (Å²) < 4.78 is 1.87. The molecule has 4 heteroatoms. The second-order valence-electron chi connectivity index (χ2n) is 3.30. The van der Waals surface area contributed by atoms with E-state index in [9.17, 15) is 4.79 Å². The molecule has 0 saturated heterocycles. The Labute approximate surface area is 104 Å². The van der Waals surface area contributed by atoms with Crippen molar-refractivity contribution in [1.82, 2.24) is 0 Å². The molecule has 0 amide bonds. The first-order valence-electron chi connectivity index (χ1n) is 4.31. The van der Waals surface area contributed by atoms with Crippen LogP contribution >= 0.6 is 43.5 Å². The summed E-state index contributed by atoms with van der Waals surface area (Å²) in [6.07, 6.45) is 3.24. The van der Waals surface area contributed by atoms with Crippen LogP contribution in [-0.4, -0.2) is 5.24 Å². The number of halogens is 3. The normalized spacial score (nSPS) is 14.2. The van der Waals surface area contributed by atoms with Gasteiger partial charge in [-0.1, -0.05) is 15.9 Å². The highest BCUT2D eigenvalue weighted by Crippen LogP contribution is 2.37. The average molecular weight is 338 g/mol. The maximum absolute atomic E-state index is 11.1. The van der Waals surface area contributed by atoms with Gasteiger partial charge in [-0.2, -0.15) is 0 Å². The Bertz CT molecular complexity index is 415. The van der Waals surface area contributed by atoms with Crippen molar-refractivity contribution in [3.05, 3.63) is 31.7 Å². The standard InChI is InChI=1S/C10H7Br2ClO/c11-8-4-7(10(13)14)9(12)6-3-1-2-5(6)8/h4H,1-3H2. The first-order chi connectivity index (χ1) is 6.61. The maximum atomic E-state index is 11.1. The molecule has 0 aromatic heterocycles. The van der Waals surface area contributed by atoms with Gasteiger partial charge in [-0.05, 0) is 64.0 Å². The molecule has 0 N–H and O–H groups in total. The highest BCUT2D eigenvalue weighted by molar-refractivity contribution is 9.11. The number of fused-ring (bicyclic) bond motifs is 1. The van der Waals surface area contributed by atoms with Crippen molar-refractivity contribution in [2.75, 3.05) is 0 Å². The number of hydrogen-bond acceptors (Lipinski definition) is 1. The summed E-state index contributed by atoms with van der Waals surface area (Å²) in [5.41, 5.74) is 3.08. The molecule has 0 atom stereocenters. The molecule has 0 fully saturated rings. The highest BCUT2D eigenvalue weighted by Gasteiger charge is 2.21. The lowest BCUT2D eigenvalue weighted by atomic mass is 10.1. The van der Waals surface area contributed by atoms with E-state index in [0.29, 0.717) is 5.56 Å². The van der Waals surface area contributed by atoms with Gasteiger partial charge in [-0.25, -0.2) is 0 Å². The Morgan fingerprint density at radius 3 is 2.57 bits per heavy atom. The van der Waals surface area contributed by atoms with Crippen LogP contribution in [0.4, 0.5) is 0 Å². The first-order valence-corrected chi connectivity index (χ1v) is 6.27. The molecule has 0 aliphatic heterocycles. The predicted molar refractivity (Wildman–Crippen MR) is 64.1 cm³/mol. The summed E-state index contributed by atoms with van der Waals surface area (Å²) in [7, 11) is 0. The minimum atomic E-state index is -0.410. The van der Waals surface area contributed by atoms with Gasteiger partial charge in [0.2, 0.25) is 0 Å². The van der Waals surface area contributed by atoms with Crippen molar-refractivity contribution < 1.29 is 4.79 Å². The van der Waals surface area contributed by atoms with Gasteiger partial charge in [0, 0.05) is 14.5 Å². The maximum Gasteiger partial charge on any atom is 0.253 e. The van der Waals surface area contributed by atoms with E-state index in [1.165, 1.54) is 11.1 Å². The zero-order valence-electron chi connectivity index (χ0n) is 7.24. The molecule has 0 bridgehead atoms. The van der Waals surface area contributed by atoms with E-state index in [4.69, 9.17) is 11.6 Å². The minimum Gasteiger partial charge on any atom is -0.276 e. The highest BCUT2D eigenvalue weighted by atomic mass is 79.9. The number of hydrogen-bond donors (Lipinski definition) is 0. The van der Waals surface area contributed by atoms with Gasteiger partial charge in [0.1, 0.15) is 0 Å². The molecule has 14 heavy (non-hydrogen) atoms. The summed E-state index contributed by atoms with van der Waals surface area (Å²) in [6.45, 7) is 0. The molecule has 1 aliphatic carbocycles. The van der Waals surface area contributed by atoms with Crippen LogP contribution in [0.2, 0.25) is 0 Å². The third kappa shape index (κ3) is 1.66. The summed E-state index contributed by atoms with van der Waals surface area (Å²) >= 11 is 12.4. The molecule has 2 rings (SSSR count). The molecule has 1 aliphatic rings. The summed E-state index contributed by atoms with van der Waals surface area (Å²) in [6, 6.07) is 1.80. The summed E-state index contributed by atoms with van der Waals surface area (Å²) in [5.74, 6) is 0. The van der Waals surface area contributed by atoms with Crippen LogP contribution in [0.15, 0.2) is 15.0 Å². The van der Waals surface area contributed by atoms with E-state index in [1.807, 2.05) is 0 Å². The van der Waals surface area contributed by atoms with Crippen LogP contribution in [0, 0.1) is 0 Å². The summed E-state index contributed by atoms with van der Waals surface area (Å²) in [5, 5.41) is -0.410. The van der Waals surface area contributed by atoms with E-state index in [2.05, 4.69) is 31.9 Å². The SMILES string of the molecule is O=C(Cl)c1cc(Br)c2c(c1Br)CCC2. The molecule has 1 nitrogen and oxygen atoms in total. The van der Waals surface area contributed by atoms with E-state index in [0.717, 1.165) is 28.2 Å². The third-order valence-electron chi connectivity index (χ3n) is 2.49. The zero-order valence-corrected chi connectivity index (χ0v) is 11.2. The van der Waals surface area contributed by atoms with Crippen molar-refractivity contribution >= 4 is 48.7 Å². The van der Waals surface area contributed by atoms with Gasteiger partial charge in [0.05, 0.1) is 0 Å². The third-order valence-corrected chi connectivity index (χ3v) is 4.31. The fourth-order valence-electron chi connectivity index (χ4n) is 1.83. The Balaban J connectivity index is 2.68. The van der Waals surface area contributed by atoms with Crippen molar-refractivity contribution in [3.8, 4) is 0 Å². The number of rotatable bonds is 1. The fraction of sp³-hybridized carbons (Fsp3) is 0.300. The van der Waals surface area contributed by atoms with Crippen LogP contribution in [0.25, 0.3) is 0 Å². The average Bonchev–Trinajstić information content (AvgIpc) is 2.59. The Kier molecular flexibility index (Phi) is 3.01. The van der Waals surface area contributed by atoms with Gasteiger partial charge < -0.3 is 0 Å². The molecule has 0 saturated carbocycles. The van der Waals surface area contributed by atoms with Crippen LogP contribution in [-0.2, 0) is 12.8 Å². The second-order valence-corrected chi connectivity index (χ2v) is 5.29. The largest absolute Gasteiger partial charge is 0.276 e. The van der Waals surface area contributed by atoms with E-state index in [1.54, 1.807) is 6.07 Å². The predicted octanol–water partition coefficient (Wildman–Crippen LogP) is 4.08. The number of benzene rings is 1. The molecule has 1 aromatic rings. The fourth-order valence-corrected chi connectivity index (χ4v) is 3.49. The monoisotopic (exact) mass is 336 g/mol. The molecular formula is C10H7Br2ClO. The lowest BCUT2D eigenvalue weighted by Crippen LogP contribution is -1.96. The van der Waals surface area contributed by atoms with E-state index < -0.39 is 5.24 Å². The molecule has 0 radical (unpaired) electrons. The zero-order chi connectivity index (χ0) is 10.3. The minimum absolute atomic E-state index is 0.410. The van der Waals surface area contributed by atoms with Crippen LogP contribution in [0.5, 0.6) is 0 Å². The molecule has 0 heterocycles. The Morgan fingerprint density at radius 2 is 1.93 bits per heavy atom. The summed E-state index contributed by atoms with van der Waals surface area (Å²) in [4.78, 5) is 11.1. The molecule has 1 aromatic carbocycles. The molecule has 74 valence electrons. The topological polar surface area (TPSA) is 17.1 Å². The van der Waals surface area contributed by atoms with Crippen LogP contribution in [0.3, 0.4) is 0 Å². The van der Waals surface area contributed by atoms with Gasteiger partial charge >= 0.3 is 0 Å². The Hall–Kier alpha value is 0.140. The van der Waals surface area contributed by atoms with Gasteiger partial charge in [0.15, 0.2) is 0 Å². The van der Waals surface area contributed by atoms with Gasteiger partial charge in [0.25, 0.3) is 5.24 Å². The molecule has 0 unspecified atom stereocenters. The van der Waals surface area contributed by atoms with Crippen molar-refractivity contribution in [3.63, 3.8) is 0 Å². The van der Waals surface area contributed by atoms with Crippen LogP contribution in [0.1, 0.15) is 27.9 Å². The lowest BCUT2D eigenvalue weighted by molar-refractivity contribution is 0.108. The quantitative estimate of drug-likeness (QED) is 0.705.